The summed E-state index contributed by atoms with van der Waals surface area (Å²) in [5.41, 5.74) is 11.6. The number of unbranched alkanes of at least 4 members (excludes halogenated alkanes) is 4. The molecular formula is C34H50N4O6. The molecule has 0 bridgehead atoms. The first-order chi connectivity index (χ1) is 21.1. The van der Waals surface area contributed by atoms with Crippen molar-refractivity contribution in [1.29, 1.82) is 0 Å². The van der Waals surface area contributed by atoms with Crippen molar-refractivity contribution < 1.29 is 29.4 Å². The molecule has 242 valence electrons. The molecular weight excluding hydrogens is 560 g/mol. The van der Waals surface area contributed by atoms with Crippen molar-refractivity contribution in [1.82, 2.24) is 21.7 Å². The molecule has 0 saturated carbocycles. The van der Waals surface area contributed by atoms with Crippen LogP contribution in [0.2, 0.25) is 0 Å². The average Bonchev–Trinajstić information content (AvgIpc) is 3.01. The molecule has 2 rings (SSSR count). The van der Waals surface area contributed by atoms with Crippen LogP contribution in [0.15, 0.2) is 36.4 Å². The van der Waals surface area contributed by atoms with E-state index in [0.29, 0.717) is 43.2 Å². The quantitative estimate of drug-likeness (QED) is 0.101. The van der Waals surface area contributed by atoms with Gasteiger partial charge in [-0.15, -0.1) is 0 Å². The smallest absolute Gasteiger partial charge is 0.273 e. The summed E-state index contributed by atoms with van der Waals surface area (Å²) in [6.07, 6.45) is 8.97. The molecule has 10 nitrogen and oxygen atoms in total. The Morgan fingerprint density at radius 3 is 1.57 bits per heavy atom. The first-order valence-corrected chi connectivity index (χ1v) is 16.0. The van der Waals surface area contributed by atoms with Gasteiger partial charge in [-0.1, -0.05) is 84.1 Å². The molecule has 2 unspecified atom stereocenters. The zero-order valence-corrected chi connectivity index (χ0v) is 26.6. The fourth-order valence-electron chi connectivity index (χ4n) is 5.07. The molecule has 0 aliphatic heterocycles. The summed E-state index contributed by atoms with van der Waals surface area (Å²) in [6.45, 7) is 7.87. The van der Waals surface area contributed by atoms with Crippen LogP contribution >= 0.6 is 0 Å². The van der Waals surface area contributed by atoms with Crippen LogP contribution in [0.5, 0.6) is 11.5 Å². The van der Waals surface area contributed by atoms with Gasteiger partial charge in [0.05, 0.1) is 11.1 Å². The molecule has 0 heterocycles. The van der Waals surface area contributed by atoms with E-state index in [2.05, 4.69) is 28.6 Å². The topological polar surface area (TPSA) is 157 Å². The van der Waals surface area contributed by atoms with Crippen molar-refractivity contribution in [2.45, 2.75) is 105 Å². The summed E-state index contributed by atoms with van der Waals surface area (Å²) >= 11 is 0. The second-order valence-electron chi connectivity index (χ2n) is 11.4. The van der Waals surface area contributed by atoms with Gasteiger partial charge in [-0.2, -0.15) is 0 Å². The zero-order valence-electron chi connectivity index (χ0n) is 26.6. The summed E-state index contributed by atoms with van der Waals surface area (Å²) in [4.78, 5) is 51.7. The lowest BCUT2D eigenvalue weighted by Crippen LogP contribution is -2.45. The van der Waals surface area contributed by atoms with Crippen molar-refractivity contribution in [3.63, 3.8) is 0 Å². The Hall–Kier alpha value is -4.08. The molecule has 0 aromatic heterocycles. The van der Waals surface area contributed by atoms with Gasteiger partial charge < -0.3 is 10.2 Å². The van der Waals surface area contributed by atoms with E-state index >= 15 is 0 Å². The number of hydrazine groups is 2. The summed E-state index contributed by atoms with van der Waals surface area (Å²) in [7, 11) is 0. The molecule has 10 heteroatoms. The van der Waals surface area contributed by atoms with Gasteiger partial charge in [-0.3, -0.25) is 40.9 Å². The van der Waals surface area contributed by atoms with Crippen molar-refractivity contribution in [3.8, 4) is 11.5 Å². The maximum absolute atomic E-state index is 13.1. The highest BCUT2D eigenvalue weighted by Gasteiger charge is 2.24. The number of phenolic OH excluding ortho intramolecular Hbond substituents is 2. The highest BCUT2D eigenvalue weighted by atomic mass is 16.3. The minimum absolute atomic E-state index is 0.142. The van der Waals surface area contributed by atoms with Gasteiger partial charge in [0.15, 0.2) is 0 Å². The number of benzene rings is 2. The first-order valence-electron chi connectivity index (χ1n) is 16.0. The van der Waals surface area contributed by atoms with Gasteiger partial charge in [-0.25, -0.2) is 0 Å². The van der Waals surface area contributed by atoms with E-state index in [1.54, 1.807) is 31.2 Å². The van der Waals surface area contributed by atoms with Crippen LogP contribution in [0, 0.1) is 11.8 Å². The predicted molar refractivity (Wildman–Crippen MR) is 171 cm³/mol. The molecule has 0 radical (unpaired) electrons. The standard InChI is InChI=1S/C34H50N4O6/c1-5-8-11-16-26(32(42)36-38-34(44)30-25(15-10-7-3)18-13-20-28(30)40)22-21-23(4)31(41)35-37-33(43)29-24(14-9-6-2)17-12-19-27(29)39/h12-13,17-20,23,26,39-40H,5-11,14-16,21-22H2,1-4H3,(H,35,41)(H,36,42)(H,37,43)(H,38,44). The average molecular weight is 611 g/mol. The lowest BCUT2D eigenvalue weighted by molar-refractivity contribution is -0.128. The van der Waals surface area contributed by atoms with E-state index in [9.17, 15) is 29.4 Å². The number of carbonyl (C=O) groups is 4. The van der Waals surface area contributed by atoms with Gasteiger partial charge >= 0.3 is 0 Å². The van der Waals surface area contributed by atoms with Crippen LogP contribution in [0.4, 0.5) is 0 Å². The Morgan fingerprint density at radius 2 is 1.09 bits per heavy atom. The minimum Gasteiger partial charge on any atom is -0.507 e. The summed E-state index contributed by atoms with van der Waals surface area (Å²) in [6, 6.07) is 9.85. The second kappa shape index (κ2) is 19.2. The maximum atomic E-state index is 13.1. The van der Waals surface area contributed by atoms with E-state index in [1.807, 2.05) is 13.8 Å². The molecule has 0 fully saturated rings. The van der Waals surface area contributed by atoms with E-state index in [1.165, 1.54) is 12.1 Å². The molecule has 44 heavy (non-hydrogen) atoms. The van der Waals surface area contributed by atoms with Crippen molar-refractivity contribution in [2.24, 2.45) is 11.8 Å². The predicted octanol–water partition coefficient (Wildman–Crippen LogP) is 5.62. The number of hydrogen-bond donors (Lipinski definition) is 6. The van der Waals surface area contributed by atoms with Gasteiger partial charge in [0.1, 0.15) is 11.5 Å². The van der Waals surface area contributed by atoms with Gasteiger partial charge in [0.2, 0.25) is 11.8 Å². The second-order valence-corrected chi connectivity index (χ2v) is 11.4. The van der Waals surface area contributed by atoms with E-state index < -0.39 is 29.6 Å². The Balaban J connectivity index is 1.97. The summed E-state index contributed by atoms with van der Waals surface area (Å²) in [5.74, 6) is -3.20. The zero-order chi connectivity index (χ0) is 32.5. The molecule has 2 atom stereocenters. The highest BCUT2D eigenvalue weighted by molar-refractivity contribution is 6.00. The number of hydrogen-bond acceptors (Lipinski definition) is 6. The lowest BCUT2D eigenvalue weighted by atomic mass is 9.91. The third kappa shape index (κ3) is 11.2. The summed E-state index contributed by atoms with van der Waals surface area (Å²) < 4.78 is 0. The number of aromatic hydroxyl groups is 2. The minimum atomic E-state index is -0.593. The third-order valence-electron chi connectivity index (χ3n) is 7.83. The Morgan fingerprint density at radius 1 is 0.614 bits per heavy atom. The lowest BCUT2D eigenvalue weighted by Gasteiger charge is -2.20. The number of amides is 4. The number of aryl methyl sites for hydroxylation is 2. The van der Waals surface area contributed by atoms with Crippen LogP contribution in [0.25, 0.3) is 0 Å². The van der Waals surface area contributed by atoms with Crippen molar-refractivity contribution in [2.75, 3.05) is 0 Å². The van der Waals surface area contributed by atoms with Crippen LogP contribution in [-0.4, -0.2) is 33.8 Å². The van der Waals surface area contributed by atoms with E-state index in [4.69, 9.17) is 0 Å². The van der Waals surface area contributed by atoms with Crippen molar-refractivity contribution in [3.05, 3.63) is 58.7 Å². The van der Waals surface area contributed by atoms with Gasteiger partial charge in [0.25, 0.3) is 11.8 Å². The Labute approximate surface area is 261 Å². The van der Waals surface area contributed by atoms with E-state index in [0.717, 1.165) is 44.9 Å². The molecule has 0 aliphatic rings. The van der Waals surface area contributed by atoms with Gasteiger partial charge in [-0.05, 0) is 68.2 Å². The van der Waals surface area contributed by atoms with Crippen molar-refractivity contribution >= 4 is 23.6 Å². The maximum Gasteiger partial charge on any atom is 0.273 e. The first kappa shape index (κ1) is 36.1. The molecule has 0 saturated heterocycles. The van der Waals surface area contributed by atoms with Crippen LogP contribution in [-0.2, 0) is 22.4 Å². The number of phenols is 2. The molecule has 6 N–H and O–H groups in total. The van der Waals surface area contributed by atoms with Crippen LogP contribution in [0.3, 0.4) is 0 Å². The molecule has 0 aliphatic carbocycles. The molecule has 0 spiro atoms. The fourth-order valence-corrected chi connectivity index (χ4v) is 5.07. The van der Waals surface area contributed by atoms with Crippen LogP contribution in [0.1, 0.15) is 124 Å². The fraction of sp³-hybridized carbons (Fsp3) is 0.529. The Kier molecular flexibility index (Phi) is 15.8. The largest absolute Gasteiger partial charge is 0.507 e. The number of carbonyl (C=O) groups excluding carboxylic acids is 4. The molecule has 2 aromatic rings. The normalized spacial score (nSPS) is 12.2. The van der Waals surface area contributed by atoms with E-state index in [-0.39, 0.29) is 28.5 Å². The van der Waals surface area contributed by atoms with Gasteiger partial charge in [0, 0.05) is 11.8 Å². The monoisotopic (exact) mass is 610 g/mol. The molecule has 2 aromatic carbocycles. The highest BCUT2D eigenvalue weighted by Crippen LogP contribution is 2.24. The van der Waals surface area contributed by atoms with Crippen LogP contribution < -0.4 is 21.7 Å². The third-order valence-corrected chi connectivity index (χ3v) is 7.83. The summed E-state index contributed by atoms with van der Waals surface area (Å²) in [5, 5.41) is 20.6. The Bertz CT molecular complexity index is 1250. The number of rotatable bonds is 17. The molecule has 4 amide bonds. The number of nitrogens with one attached hydrogen (secondary N) is 4. The SMILES string of the molecule is CCCCCC(CCC(C)C(=O)NNC(=O)c1c(O)cccc1CCCC)C(=O)NNC(=O)c1c(O)cccc1CCCC.